The van der Waals surface area contributed by atoms with Crippen molar-refractivity contribution in [2.75, 3.05) is 19.7 Å². The molecule has 4 rings (SSSR count). The third-order valence-corrected chi connectivity index (χ3v) is 5.56. The molecule has 1 amide bonds. The Hall–Kier alpha value is -2.29. The van der Waals surface area contributed by atoms with E-state index in [9.17, 15) is 4.79 Å². The van der Waals surface area contributed by atoms with Crippen LogP contribution in [-0.2, 0) is 11.8 Å². The maximum atomic E-state index is 12.8. The van der Waals surface area contributed by atoms with Crippen molar-refractivity contribution < 1.29 is 9.53 Å². The molecule has 2 aliphatic rings. The van der Waals surface area contributed by atoms with Gasteiger partial charge in [-0.05, 0) is 47.6 Å². The van der Waals surface area contributed by atoms with Crippen LogP contribution in [0.3, 0.4) is 0 Å². The fraction of sp³-hybridized carbons (Fsp3) is 0.381. The lowest BCUT2D eigenvalue weighted by molar-refractivity contribution is 0.0676. The number of rotatable bonds is 2. The van der Waals surface area contributed by atoms with Crippen molar-refractivity contribution in [2.24, 2.45) is 0 Å². The molecule has 2 heterocycles. The van der Waals surface area contributed by atoms with Crippen LogP contribution in [0, 0.1) is 0 Å². The van der Waals surface area contributed by atoms with E-state index in [4.69, 9.17) is 4.74 Å². The molecule has 3 nitrogen and oxygen atoms in total. The number of hydrogen-bond donors (Lipinski definition) is 0. The highest BCUT2D eigenvalue weighted by molar-refractivity contribution is 5.94. The highest BCUT2D eigenvalue weighted by Crippen LogP contribution is 2.35. The van der Waals surface area contributed by atoms with Gasteiger partial charge in [-0.25, -0.2) is 0 Å². The number of carbonyl (C=O) groups excluding carboxylic acids is 1. The van der Waals surface area contributed by atoms with Gasteiger partial charge in [-0.2, -0.15) is 0 Å². The Bertz CT molecular complexity index is 746. The molecule has 0 saturated carbocycles. The molecular weight excluding hydrogens is 298 g/mol. The zero-order valence-corrected chi connectivity index (χ0v) is 14.1. The first kappa shape index (κ1) is 15.3. The molecule has 0 unspecified atom stereocenters. The highest BCUT2D eigenvalue weighted by Gasteiger charge is 2.33. The van der Waals surface area contributed by atoms with E-state index in [-0.39, 0.29) is 11.3 Å². The van der Waals surface area contributed by atoms with Gasteiger partial charge in [0.05, 0.1) is 6.61 Å². The Morgan fingerprint density at radius 1 is 1.08 bits per heavy atom. The van der Waals surface area contributed by atoms with Gasteiger partial charge in [0.1, 0.15) is 5.75 Å². The van der Waals surface area contributed by atoms with Crippen LogP contribution in [0.15, 0.2) is 48.5 Å². The lowest BCUT2D eigenvalue weighted by Gasteiger charge is -2.40. The SMILES string of the molecule is CC1(c2ccccc2)CCN(C(=O)c2ccc3c(c2)CCO3)CC1. The lowest BCUT2D eigenvalue weighted by atomic mass is 9.74. The molecule has 1 fully saturated rings. The first-order chi connectivity index (χ1) is 11.7. The average Bonchev–Trinajstić information content (AvgIpc) is 3.10. The second-order valence-electron chi connectivity index (χ2n) is 7.14. The molecule has 0 spiro atoms. The molecule has 1 saturated heterocycles. The zero-order chi connectivity index (χ0) is 16.6. The van der Waals surface area contributed by atoms with E-state index in [1.165, 1.54) is 5.56 Å². The fourth-order valence-corrected chi connectivity index (χ4v) is 3.83. The van der Waals surface area contributed by atoms with Crippen LogP contribution in [0.25, 0.3) is 0 Å². The zero-order valence-electron chi connectivity index (χ0n) is 14.1. The fourth-order valence-electron chi connectivity index (χ4n) is 3.83. The van der Waals surface area contributed by atoms with Crippen molar-refractivity contribution in [1.29, 1.82) is 0 Å². The molecule has 2 aromatic carbocycles. The summed E-state index contributed by atoms with van der Waals surface area (Å²) in [4.78, 5) is 14.8. The summed E-state index contributed by atoms with van der Waals surface area (Å²) < 4.78 is 5.53. The molecule has 0 aliphatic carbocycles. The Morgan fingerprint density at radius 2 is 1.83 bits per heavy atom. The monoisotopic (exact) mass is 321 g/mol. The summed E-state index contributed by atoms with van der Waals surface area (Å²) in [6.45, 7) is 4.68. The molecule has 0 atom stereocenters. The normalized spacial score (nSPS) is 18.8. The summed E-state index contributed by atoms with van der Waals surface area (Å²) >= 11 is 0. The Morgan fingerprint density at radius 3 is 2.58 bits per heavy atom. The molecule has 124 valence electrons. The molecule has 2 aliphatic heterocycles. The number of benzene rings is 2. The highest BCUT2D eigenvalue weighted by atomic mass is 16.5. The Labute approximate surface area is 143 Å². The molecule has 2 aromatic rings. The van der Waals surface area contributed by atoms with Gasteiger partial charge in [0, 0.05) is 25.1 Å². The number of nitrogens with zero attached hydrogens (tertiary/aromatic N) is 1. The molecule has 24 heavy (non-hydrogen) atoms. The average molecular weight is 321 g/mol. The van der Waals surface area contributed by atoms with Gasteiger partial charge in [-0.3, -0.25) is 4.79 Å². The quantitative estimate of drug-likeness (QED) is 0.841. The second kappa shape index (κ2) is 5.97. The van der Waals surface area contributed by atoms with Gasteiger partial charge in [0.15, 0.2) is 0 Å². The van der Waals surface area contributed by atoms with Gasteiger partial charge in [0.25, 0.3) is 5.91 Å². The summed E-state index contributed by atoms with van der Waals surface area (Å²) in [6, 6.07) is 16.5. The van der Waals surface area contributed by atoms with Crippen molar-refractivity contribution in [2.45, 2.75) is 31.6 Å². The van der Waals surface area contributed by atoms with Crippen LogP contribution in [0.4, 0.5) is 0 Å². The van der Waals surface area contributed by atoms with E-state index >= 15 is 0 Å². The van der Waals surface area contributed by atoms with Crippen LogP contribution in [0.2, 0.25) is 0 Å². The van der Waals surface area contributed by atoms with E-state index in [1.807, 2.05) is 23.1 Å². The number of fused-ring (bicyclic) bond motifs is 1. The maximum Gasteiger partial charge on any atom is 0.253 e. The first-order valence-electron chi connectivity index (χ1n) is 8.76. The Balaban J connectivity index is 1.47. The van der Waals surface area contributed by atoms with Crippen LogP contribution < -0.4 is 4.74 Å². The van der Waals surface area contributed by atoms with Gasteiger partial charge in [-0.1, -0.05) is 37.3 Å². The van der Waals surface area contributed by atoms with Crippen molar-refractivity contribution in [3.05, 3.63) is 65.2 Å². The second-order valence-corrected chi connectivity index (χ2v) is 7.14. The van der Waals surface area contributed by atoms with Gasteiger partial charge >= 0.3 is 0 Å². The number of carbonyl (C=O) groups is 1. The summed E-state index contributed by atoms with van der Waals surface area (Å²) in [5.74, 6) is 1.08. The molecule has 0 aromatic heterocycles. The van der Waals surface area contributed by atoms with E-state index in [2.05, 4.69) is 37.3 Å². The predicted molar refractivity (Wildman–Crippen MR) is 94.6 cm³/mol. The Kier molecular flexibility index (Phi) is 3.79. The minimum atomic E-state index is 0.153. The molecule has 0 radical (unpaired) electrons. The van der Waals surface area contributed by atoms with Crippen molar-refractivity contribution in [3.63, 3.8) is 0 Å². The van der Waals surface area contributed by atoms with Gasteiger partial charge in [0.2, 0.25) is 0 Å². The molecule has 0 N–H and O–H groups in total. The largest absolute Gasteiger partial charge is 0.493 e. The minimum absolute atomic E-state index is 0.153. The first-order valence-corrected chi connectivity index (χ1v) is 8.76. The number of piperidine rings is 1. The van der Waals surface area contributed by atoms with Crippen molar-refractivity contribution >= 4 is 5.91 Å². The van der Waals surface area contributed by atoms with E-state index in [0.29, 0.717) is 0 Å². The standard InChI is InChI=1S/C21H23NO2/c1-21(18-5-3-2-4-6-18)10-12-22(13-11-21)20(23)17-7-8-19-16(15-17)9-14-24-19/h2-8,15H,9-14H2,1H3. The third kappa shape index (κ3) is 2.68. The maximum absolute atomic E-state index is 12.8. The summed E-state index contributed by atoms with van der Waals surface area (Å²) in [6.07, 6.45) is 2.93. The van der Waals surface area contributed by atoms with Crippen LogP contribution >= 0.6 is 0 Å². The van der Waals surface area contributed by atoms with Gasteiger partial charge in [-0.15, -0.1) is 0 Å². The summed E-state index contributed by atoms with van der Waals surface area (Å²) in [5.41, 5.74) is 3.51. The van der Waals surface area contributed by atoms with E-state index in [0.717, 1.165) is 55.8 Å². The number of amides is 1. The molecule has 0 bridgehead atoms. The van der Waals surface area contributed by atoms with Gasteiger partial charge < -0.3 is 9.64 Å². The summed E-state index contributed by atoms with van der Waals surface area (Å²) in [5, 5.41) is 0. The number of ether oxygens (including phenoxy) is 1. The number of hydrogen-bond acceptors (Lipinski definition) is 2. The molecule has 3 heteroatoms. The van der Waals surface area contributed by atoms with E-state index < -0.39 is 0 Å². The van der Waals surface area contributed by atoms with Crippen LogP contribution in [0.1, 0.15) is 41.3 Å². The van der Waals surface area contributed by atoms with Crippen molar-refractivity contribution in [3.8, 4) is 5.75 Å². The van der Waals surface area contributed by atoms with Crippen LogP contribution in [0.5, 0.6) is 5.75 Å². The van der Waals surface area contributed by atoms with E-state index in [1.54, 1.807) is 0 Å². The predicted octanol–water partition coefficient (Wildman–Crippen LogP) is 3.82. The minimum Gasteiger partial charge on any atom is -0.493 e. The molecular formula is C21H23NO2. The lowest BCUT2D eigenvalue weighted by Crippen LogP contribution is -2.43. The summed E-state index contributed by atoms with van der Waals surface area (Å²) in [7, 11) is 0. The smallest absolute Gasteiger partial charge is 0.253 e. The van der Waals surface area contributed by atoms with Crippen LogP contribution in [-0.4, -0.2) is 30.5 Å². The van der Waals surface area contributed by atoms with Crippen molar-refractivity contribution in [1.82, 2.24) is 4.90 Å². The topological polar surface area (TPSA) is 29.5 Å². The number of likely N-dealkylation sites (tertiary alicyclic amines) is 1. The third-order valence-electron chi connectivity index (χ3n) is 5.56.